The summed E-state index contributed by atoms with van der Waals surface area (Å²) >= 11 is 0. The fourth-order valence-corrected chi connectivity index (χ4v) is 3.93. The second kappa shape index (κ2) is 9.14. The van der Waals surface area contributed by atoms with E-state index >= 15 is 0 Å². The molecule has 0 aromatic carbocycles. The largest absolute Gasteiger partial charge is 0.386 e. The minimum atomic E-state index is -0.633. The molecule has 11 nitrogen and oxygen atoms in total. The smallest absolute Gasteiger partial charge is 0.292 e. The van der Waals surface area contributed by atoms with E-state index in [4.69, 9.17) is 9.26 Å². The number of nitrogens with one attached hydrogen (secondary N) is 3. The van der Waals surface area contributed by atoms with Gasteiger partial charge >= 0.3 is 0 Å². The Morgan fingerprint density at radius 3 is 2.80 bits per heavy atom. The molecule has 35 heavy (non-hydrogen) atoms. The summed E-state index contributed by atoms with van der Waals surface area (Å²) < 4.78 is 26.0. The van der Waals surface area contributed by atoms with Crippen LogP contribution in [-0.2, 0) is 4.74 Å². The van der Waals surface area contributed by atoms with Crippen molar-refractivity contribution in [2.45, 2.75) is 25.0 Å². The van der Waals surface area contributed by atoms with Crippen LogP contribution in [0, 0.1) is 5.82 Å². The van der Waals surface area contributed by atoms with Crippen molar-refractivity contribution in [3.63, 3.8) is 0 Å². The second-order valence-corrected chi connectivity index (χ2v) is 7.98. The first-order chi connectivity index (χ1) is 17.0. The normalized spacial score (nSPS) is 17.1. The fourth-order valence-electron chi connectivity index (χ4n) is 3.93. The average Bonchev–Trinajstić information content (AvgIpc) is 3.27. The number of nitrogens with zero attached hydrogens (tertiary/aromatic N) is 4. The van der Waals surface area contributed by atoms with Crippen molar-refractivity contribution in [3.05, 3.63) is 64.7 Å². The van der Waals surface area contributed by atoms with Gasteiger partial charge in [0.2, 0.25) is 5.76 Å². The van der Waals surface area contributed by atoms with E-state index in [1.54, 1.807) is 26.3 Å². The molecule has 5 rings (SSSR count). The van der Waals surface area contributed by atoms with Gasteiger partial charge in [0.25, 0.3) is 11.5 Å². The summed E-state index contributed by atoms with van der Waals surface area (Å²) in [5.41, 5.74) is 0.715. The maximum absolute atomic E-state index is 14.2. The zero-order valence-electron chi connectivity index (χ0n) is 18.9. The van der Waals surface area contributed by atoms with E-state index < -0.39 is 17.3 Å². The molecule has 1 saturated carbocycles. The number of aromatic nitrogens is 4. The Balaban J connectivity index is 1.49. The average molecular weight is 479 g/mol. The Morgan fingerprint density at radius 2 is 2.09 bits per heavy atom. The molecule has 4 aromatic heterocycles. The number of ether oxygens (including phenoxy) is 1. The Kier molecular flexibility index (Phi) is 5.87. The predicted molar refractivity (Wildman–Crippen MR) is 126 cm³/mol. The standard InChI is InChI=1S/C23H22FN7O4/c1-25-15-11-17(27-14-6-4-10-31(23(14)33)21-12(24)5-3-9-26-21)29-19-18(15)30-35-20(19)22(32)28-13-7-8-16(13)34-2/h3-6,9-11,13,16,25H,7-8H2,1-2H3,(H,27,29)(H,28,32)/t13-,16-/m1/s1. The molecule has 1 amide bonds. The van der Waals surface area contributed by atoms with Crippen LogP contribution in [0.15, 0.2) is 52.0 Å². The van der Waals surface area contributed by atoms with Crippen molar-refractivity contribution in [1.82, 2.24) is 25.0 Å². The van der Waals surface area contributed by atoms with Crippen LogP contribution in [0.5, 0.6) is 0 Å². The van der Waals surface area contributed by atoms with Crippen LogP contribution < -0.4 is 21.5 Å². The molecular weight excluding hydrogens is 457 g/mol. The summed E-state index contributed by atoms with van der Waals surface area (Å²) in [5, 5.41) is 12.8. The molecule has 0 aliphatic heterocycles. The zero-order valence-corrected chi connectivity index (χ0v) is 18.9. The van der Waals surface area contributed by atoms with Crippen LogP contribution in [0.2, 0.25) is 0 Å². The van der Waals surface area contributed by atoms with Gasteiger partial charge in [-0.05, 0) is 37.1 Å². The van der Waals surface area contributed by atoms with Gasteiger partial charge in [-0.15, -0.1) is 0 Å². The van der Waals surface area contributed by atoms with E-state index in [-0.39, 0.29) is 40.7 Å². The van der Waals surface area contributed by atoms with Crippen molar-refractivity contribution in [3.8, 4) is 5.82 Å². The number of halogens is 1. The van der Waals surface area contributed by atoms with E-state index in [0.717, 1.165) is 17.4 Å². The van der Waals surface area contributed by atoms with Crippen LogP contribution in [0.25, 0.3) is 16.9 Å². The van der Waals surface area contributed by atoms with Crippen molar-refractivity contribution in [1.29, 1.82) is 0 Å². The van der Waals surface area contributed by atoms with Gasteiger partial charge in [0, 0.05) is 32.6 Å². The third kappa shape index (κ3) is 4.08. The number of carbonyl (C=O) groups excluding carboxylic acids is 1. The number of hydrogen-bond donors (Lipinski definition) is 3. The summed E-state index contributed by atoms with van der Waals surface area (Å²) in [6, 6.07) is 7.29. The lowest BCUT2D eigenvalue weighted by Gasteiger charge is -2.35. The second-order valence-electron chi connectivity index (χ2n) is 7.98. The van der Waals surface area contributed by atoms with Crippen molar-refractivity contribution in [2.24, 2.45) is 0 Å². The van der Waals surface area contributed by atoms with Crippen LogP contribution in [0.3, 0.4) is 0 Å². The summed E-state index contributed by atoms with van der Waals surface area (Å²) in [6.07, 6.45) is 4.44. The summed E-state index contributed by atoms with van der Waals surface area (Å²) in [6.45, 7) is 0. The number of anilines is 3. The monoisotopic (exact) mass is 479 g/mol. The minimum absolute atomic E-state index is 0.0459. The lowest BCUT2D eigenvalue weighted by Crippen LogP contribution is -2.51. The molecular formula is C23H22FN7O4. The molecule has 1 aliphatic rings. The van der Waals surface area contributed by atoms with Gasteiger partial charge < -0.3 is 25.2 Å². The molecule has 0 unspecified atom stereocenters. The molecule has 4 aromatic rings. The van der Waals surface area contributed by atoms with Crippen molar-refractivity contribution in [2.75, 3.05) is 24.8 Å². The van der Waals surface area contributed by atoms with Gasteiger partial charge in [-0.3, -0.25) is 14.2 Å². The topological polar surface area (TPSA) is 136 Å². The van der Waals surface area contributed by atoms with E-state index in [1.807, 2.05) is 0 Å². The van der Waals surface area contributed by atoms with E-state index in [1.165, 1.54) is 30.6 Å². The molecule has 1 aliphatic carbocycles. The van der Waals surface area contributed by atoms with E-state index in [0.29, 0.717) is 11.2 Å². The number of hydrogen-bond acceptors (Lipinski definition) is 9. The molecule has 4 heterocycles. The van der Waals surface area contributed by atoms with E-state index in [2.05, 4.69) is 31.1 Å². The van der Waals surface area contributed by atoms with Gasteiger partial charge in [-0.1, -0.05) is 5.16 Å². The number of carbonyl (C=O) groups is 1. The van der Waals surface area contributed by atoms with Crippen molar-refractivity contribution < 1.29 is 18.4 Å². The molecule has 1 fully saturated rings. The molecule has 180 valence electrons. The van der Waals surface area contributed by atoms with Crippen LogP contribution >= 0.6 is 0 Å². The third-order valence-corrected chi connectivity index (χ3v) is 5.92. The lowest BCUT2D eigenvalue weighted by molar-refractivity contribution is 0.00678. The summed E-state index contributed by atoms with van der Waals surface area (Å²) in [7, 11) is 3.29. The third-order valence-electron chi connectivity index (χ3n) is 5.92. The first-order valence-electron chi connectivity index (χ1n) is 10.9. The molecule has 2 atom stereocenters. The summed E-state index contributed by atoms with van der Waals surface area (Å²) in [5.74, 6) is -1.01. The van der Waals surface area contributed by atoms with Gasteiger partial charge in [-0.2, -0.15) is 0 Å². The highest BCUT2D eigenvalue weighted by Gasteiger charge is 2.34. The number of rotatable bonds is 7. The number of pyridine rings is 3. The highest BCUT2D eigenvalue weighted by atomic mass is 19.1. The first-order valence-corrected chi connectivity index (χ1v) is 10.9. The molecule has 0 spiro atoms. The molecule has 0 radical (unpaired) electrons. The lowest BCUT2D eigenvalue weighted by atomic mass is 9.89. The van der Waals surface area contributed by atoms with E-state index in [9.17, 15) is 14.0 Å². The van der Waals surface area contributed by atoms with Crippen molar-refractivity contribution >= 4 is 34.1 Å². The molecule has 0 saturated heterocycles. The molecule has 3 N–H and O–H groups in total. The summed E-state index contributed by atoms with van der Waals surface area (Å²) in [4.78, 5) is 34.3. The van der Waals surface area contributed by atoms with Gasteiger partial charge in [0.15, 0.2) is 17.2 Å². The SMILES string of the molecule is CNc1cc(Nc2cccn(-c3ncccc3F)c2=O)nc2c(C(=O)N[C@@H]3CC[C@H]3OC)onc12. The Bertz CT molecular complexity index is 1470. The number of amides is 1. The highest BCUT2D eigenvalue weighted by Crippen LogP contribution is 2.29. The first kappa shape index (κ1) is 22.5. The number of methoxy groups -OCH3 is 1. The maximum Gasteiger partial charge on any atom is 0.292 e. The van der Waals surface area contributed by atoms with Gasteiger partial charge in [0.1, 0.15) is 17.0 Å². The number of fused-ring (bicyclic) bond motifs is 1. The Hall–Kier alpha value is -4.32. The molecule has 12 heteroatoms. The fraction of sp³-hybridized carbons (Fsp3) is 0.261. The maximum atomic E-state index is 14.2. The minimum Gasteiger partial charge on any atom is -0.386 e. The predicted octanol–water partition coefficient (Wildman–Crippen LogP) is 2.60. The van der Waals surface area contributed by atoms with Gasteiger partial charge in [0.05, 0.1) is 17.8 Å². The zero-order chi connectivity index (χ0) is 24.5. The van der Waals surface area contributed by atoms with Crippen LogP contribution in [-0.4, -0.2) is 51.9 Å². The Labute approximate surface area is 198 Å². The highest BCUT2D eigenvalue weighted by molar-refractivity contribution is 6.05. The quantitative estimate of drug-likeness (QED) is 0.365. The molecule has 0 bridgehead atoms. The van der Waals surface area contributed by atoms with Crippen LogP contribution in [0.4, 0.5) is 21.6 Å². The van der Waals surface area contributed by atoms with Gasteiger partial charge in [-0.25, -0.2) is 14.4 Å². The van der Waals surface area contributed by atoms with Crippen LogP contribution in [0.1, 0.15) is 23.4 Å². The Morgan fingerprint density at radius 1 is 1.23 bits per heavy atom.